The number of thiophene rings is 1. The van der Waals surface area contributed by atoms with Crippen molar-refractivity contribution in [3.05, 3.63) is 54.1 Å². The van der Waals surface area contributed by atoms with E-state index in [9.17, 15) is 15.2 Å². The molecule has 0 aliphatic heterocycles. The molecule has 3 rings (SSSR count). The number of nitriles is 1. The van der Waals surface area contributed by atoms with Crippen molar-refractivity contribution in [1.82, 2.24) is 0 Å². The van der Waals surface area contributed by atoms with Gasteiger partial charge in [0.15, 0.2) is 0 Å². The lowest BCUT2D eigenvalue weighted by Gasteiger charge is -2.19. The van der Waals surface area contributed by atoms with Crippen LogP contribution in [0.1, 0.15) is 12.5 Å². The molecule has 0 fully saturated rings. The van der Waals surface area contributed by atoms with Crippen molar-refractivity contribution in [3.8, 4) is 11.8 Å². The Morgan fingerprint density at radius 1 is 1.18 bits per heavy atom. The van der Waals surface area contributed by atoms with Crippen LogP contribution in [0.4, 0.5) is 10.7 Å². The van der Waals surface area contributed by atoms with Gasteiger partial charge >= 0.3 is 0 Å². The molecule has 1 amide bonds. The van der Waals surface area contributed by atoms with Gasteiger partial charge in [0.1, 0.15) is 16.8 Å². The zero-order chi connectivity index (χ0) is 15.7. The fraction of sp³-hybridized carbons (Fsp3) is 0.0588. The molecule has 0 bridgehead atoms. The molecule has 0 aliphatic carbocycles. The minimum absolute atomic E-state index is 0.129. The third-order valence-electron chi connectivity index (χ3n) is 3.31. The van der Waals surface area contributed by atoms with Crippen molar-refractivity contribution in [2.45, 2.75) is 6.92 Å². The first kappa shape index (κ1) is 14.1. The number of hydrogen-bond donors (Lipinski definition) is 1. The van der Waals surface area contributed by atoms with Crippen LogP contribution in [0, 0.1) is 11.3 Å². The Bertz CT molecular complexity index is 891. The molecule has 0 saturated heterocycles. The summed E-state index contributed by atoms with van der Waals surface area (Å²) in [6.45, 7) is 1.46. The summed E-state index contributed by atoms with van der Waals surface area (Å²) in [7, 11) is 0. The molecule has 3 aromatic rings. The van der Waals surface area contributed by atoms with E-state index >= 15 is 0 Å². The maximum atomic E-state index is 12.1. The van der Waals surface area contributed by atoms with Crippen LogP contribution in [0.15, 0.2) is 48.5 Å². The molecule has 0 radical (unpaired) electrons. The minimum atomic E-state index is -0.186. The summed E-state index contributed by atoms with van der Waals surface area (Å²) in [6.07, 6.45) is 0. The zero-order valence-electron chi connectivity index (χ0n) is 11.8. The van der Waals surface area contributed by atoms with Gasteiger partial charge in [-0.2, -0.15) is 5.26 Å². The van der Waals surface area contributed by atoms with E-state index in [2.05, 4.69) is 6.07 Å². The predicted molar refractivity (Wildman–Crippen MR) is 87.5 cm³/mol. The van der Waals surface area contributed by atoms with Crippen LogP contribution in [0.5, 0.6) is 5.75 Å². The van der Waals surface area contributed by atoms with Crippen LogP contribution in [-0.4, -0.2) is 11.0 Å². The van der Waals surface area contributed by atoms with Gasteiger partial charge in [0.25, 0.3) is 0 Å². The van der Waals surface area contributed by atoms with Crippen LogP contribution in [0.25, 0.3) is 10.1 Å². The van der Waals surface area contributed by atoms with Crippen LogP contribution in [-0.2, 0) is 4.79 Å². The van der Waals surface area contributed by atoms with Crippen LogP contribution in [0.3, 0.4) is 0 Å². The SMILES string of the molecule is CC(=O)N(c1ccc(O)cc1)c1sc2ccccc2c1C#N. The van der Waals surface area contributed by atoms with E-state index < -0.39 is 0 Å². The molecule has 2 aromatic carbocycles. The highest BCUT2D eigenvalue weighted by Crippen LogP contribution is 2.41. The number of fused-ring (bicyclic) bond motifs is 1. The quantitative estimate of drug-likeness (QED) is 0.773. The highest BCUT2D eigenvalue weighted by molar-refractivity contribution is 7.23. The first-order valence-electron chi connectivity index (χ1n) is 6.63. The Labute approximate surface area is 131 Å². The average molecular weight is 308 g/mol. The van der Waals surface area contributed by atoms with Gasteiger partial charge < -0.3 is 5.11 Å². The van der Waals surface area contributed by atoms with E-state index in [1.807, 2.05) is 24.3 Å². The molecular formula is C17H12N2O2S. The summed E-state index contributed by atoms with van der Waals surface area (Å²) in [6, 6.07) is 16.1. The molecular weight excluding hydrogens is 296 g/mol. The summed E-state index contributed by atoms with van der Waals surface area (Å²) in [5.41, 5.74) is 1.11. The number of carbonyl (C=O) groups is 1. The molecule has 22 heavy (non-hydrogen) atoms. The Kier molecular flexibility index (Phi) is 3.53. The van der Waals surface area contributed by atoms with Crippen LogP contribution in [0.2, 0.25) is 0 Å². The summed E-state index contributed by atoms with van der Waals surface area (Å²) >= 11 is 1.40. The molecule has 0 aliphatic rings. The molecule has 108 valence electrons. The highest BCUT2D eigenvalue weighted by atomic mass is 32.1. The smallest absolute Gasteiger partial charge is 0.229 e. The monoisotopic (exact) mass is 308 g/mol. The number of anilines is 2. The van der Waals surface area contributed by atoms with Crippen LogP contribution >= 0.6 is 11.3 Å². The van der Waals surface area contributed by atoms with Crippen molar-refractivity contribution < 1.29 is 9.90 Å². The fourth-order valence-corrected chi connectivity index (χ4v) is 3.56. The first-order valence-corrected chi connectivity index (χ1v) is 7.45. The third kappa shape index (κ3) is 2.30. The van der Waals surface area contributed by atoms with Crippen molar-refractivity contribution in [1.29, 1.82) is 5.26 Å². The number of amides is 1. The summed E-state index contributed by atoms with van der Waals surface area (Å²) < 4.78 is 0.957. The molecule has 0 atom stereocenters. The molecule has 0 spiro atoms. The predicted octanol–water partition coefficient (Wildman–Crippen LogP) is 4.16. The Hall–Kier alpha value is -2.84. The van der Waals surface area contributed by atoms with Gasteiger partial charge in [-0.25, -0.2) is 0 Å². The van der Waals surface area contributed by atoms with Crippen molar-refractivity contribution >= 4 is 38.0 Å². The first-order chi connectivity index (χ1) is 10.6. The maximum absolute atomic E-state index is 12.1. The molecule has 0 saturated carbocycles. The Morgan fingerprint density at radius 2 is 1.86 bits per heavy atom. The number of carbonyl (C=O) groups excluding carboxylic acids is 1. The number of aromatic hydroxyl groups is 1. The van der Waals surface area contributed by atoms with E-state index in [-0.39, 0.29) is 11.7 Å². The molecule has 1 aromatic heterocycles. The largest absolute Gasteiger partial charge is 0.508 e. The molecule has 1 N–H and O–H groups in total. The van der Waals surface area contributed by atoms with E-state index in [0.717, 1.165) is 10.1 Å². The molecule has 1 heterocycles. The lowest BCUT2D eigenvalue weighted by molar-refractivity contribution is -0.115. The maximum Gasteiger partial charge on any atom is 0.229 e. The lowest BCUT2D eigenvalue weighted by Crippen LogP contribution is -2.22. The highest BCUT2D eigenvalue weighted by Gasteiger charge is 2.22. The zero-order valence-corrected chi connectivity index (χ0v) is 12.6. The van der Waals surface area contributed by atoms with Crippen molar-refractivity contribution in [2.24, 2.45) is 0 Å². The van der Waals surface area contributed by atoms with Gasteiger partial charge in [-0.3, -0.25) is 9.69 Å². The molecule has 4 nitrogen and oxygen atoms in total. The summed E-state index contributed by atoms with van der Waals surface area (Å²) in [5.74, 6) is -0.0576. The number of phenolic OH excluding ortho intramolecular Hbond substituents is 1. The summed E-state index contributed by atoms with van der Waals surface area (Å²) in [4.78, 5) is 13.6. The van der Waals surface area contributed by atoms with E-state index in [4.69, 9.17) is 0 Å². The third-order valence-corrected chi connectivity index (χ3v) is 4.47. The van der Waals surface area contributed by atoms with Gasteiger partial charge in [0.2, 0.25) is 5.91 Å². The second-order valence-corrected chi connectivity index (χ2v) is 5.79. The number of nitrogens with zero attached hydrogens (tertiary/aromatic N) is 2. The normalized spacial score (nSPS) is 10.4. The number of rotatable bonds is 2. The van der Waals surface area contributed by atoms with E-state index in [1.165, 1.54) is 35.3 Å². The van der Waals surface area contributed by atoms with Gasteiger partial charge in [-0.1, -0.05) is 18.2 Å². The van der Waals surface area contributed by atoms with Gasteiger partial charge in [-0.05, 0) is 30.3 Å². The van der Waals surface area contributed by atoms with Crippen molar-refractivity contribution in [3.63, 3.8) is 0 Å². The fourth-order valence-electron chi connectivity index (χ4n) is 2.34. The van der Waals surface area contributed by atoms with Gasteiger partial charge in [0.05, 0.1) is 5.56 Å². The average Bonchev–Trinajstić information content (AvgIpc) is 2.87. The molecule has 0 unspecified atom stereocenters. The van der Waals surface area contributed by atoms with Gasteiger partial charge in [0, 0.05) is 22.7 Å². The topological polar surface area (TPSA) is 64.3 Å². The Balaban J connectivity index is 2.23. The summed E-state index contributed by atoms with van der Waals surface area (Å²) in [5, 5.41) is 20.4. The number of phenols is 1. The van der Waals surface area contributed by atoms with Crippen molar-refractivity contribution in [2.75, 3.05) is 4.90 Å². The van der Waals surface area contributed by atoms with Crippen LogP contribution < -0.4 is 4.90 Å². The standard InChI is InChI=1S/C17H12N2O2S/c1-11(20)19(12-6-8-13(21)9-7-12)17-15(10-18)14-4-2-3-5-16(14)22-17/h2-9,21H,1H3. The van der Waals surface area contributed by atoms with E-state index in [0.29, 0.717) is 16.3 Å². The number of benzene rings is 2. The second kappa shape index (κ2) is 5.51. The Morgan fingerprint density at radius 3 is 2.50 bits per heavy atom. The van der Waals surface area contributed by atoms with E-state index in [1.54, 1.807) is 12.1 Å². The minimum Gasteiger partial charge on any atom is -0.508 e. The second-order valence-electron chi connectivity index (χ2n) is 4.76. The van der Waals surface area contributed by atoms with Gasteiger partial charge in [-0.15, -0.1) is 11.3 Å². The lowest BCUT2D eigenvalue weighted by atomic mass is 10.1. The number of hydrogen-bond acceptors (Lipinski definition) is 4. The molecule has 5 heteroatoms.